The van der Waals surface area contributed by atoms with Crippen LogP contribution in [0.3, 0.4) is 0 Å². The van der Waals surface area contributed by atoms with Gasteiger partial charge in [-0.25, -0.2) is 4.39 Å². The Morgan fingerprint density at radius 1 is 1.38 bits per heavy atom. The van der Waals surface area contributed by atoms with Gasteiger partial charge in [0.15, 0.2) is 0 Å². The van der Waals surface area contributed by atoms with Crippen LogP contribution >= 0.6 is 22.6 Å². The lowest BCUT2D eigenvalue weighted by molar-refractivity contribution is 0.362. The molecule has 0 fully saturated rings. The third kappa shape index (κ3) is 3.18. The molecule has 0 unspecified atom stereocenters. The van der Waals surface area contributed by atoms with Crippen molar-refractivity contribution in [1.82, 2.24) is 4.57 Å². The van der Waals surface area contributed by atoms with E-state index < -0.39 is 5.82 Å². The second kappa shape index (κ2) is 6.89. The molecular formula is C16H15FINO2. The molecule has 0 bridgehead atoms. The Hall–Kier alpha value is -1.63. The average molecular weight is 399 g/mol. The predicted molar refractivity (Wildman–Crippen MR) is 90.2 cm³/mol. The van der Waals surface area contributed by atoms with Crippen molar-refractivity contribution >= 4 is 22.6 Å². The molecule has 0 radical (unpaired) electrons. The smallest absolute Gasteiger partial charge is 0.264 e. The summed E-state index contributed by atoms with van der Waals surface area (Å²) in [6.07, 6.45) is 1.59. The van der Waals surface area contributed by atoms with Gasteiger partial charge >= 0.3 is 0 Å². The Labute approximate surface area is 136 Å². The van der Waals surface area contributed by atoms with Crippen molar-refractivity contribution in [1.29, 1.82) is 0 Å². The summed E-state index contributed by atoms with van der Waals surface area (Å²) >= 11 is 1.98. The van der Waals surface area contributed by atoms with Crippen molar-refractivity contribution in [3.63, 3.8) is 0 Å². The Kier molecular flexibility index (Phi) is 5.17. The minimum atomic E-state index is -0.417. The molecule has 21 heavy (non-hydrogen) atoms. The normalized spacial score (nSPS) is 10.4. The second-order valence-electron chi connectivity index (χ2n) is 4.33. The summed E-state index contributed by atoms with van der Waals surface area (Å²) in [5.74, 6) is -0.0166. The molecule has 0 saturated carbocycles. The molecule has 1 aromatic heterocycles. The first-order chi connectivity index (χ1) is 10.1. The second-order valence-corrected chi connectivity index (χ2v) is 5.49. The van der Waals surface area contributed by atoms with Crippen molar-refractivity contribution in [2.24, 2.45) is 0 Å². The summed E-state index contributed by atoms with van der Waals surface area (Å²) in [4.78, 5) is 12.2. The highest BCUT2D eigenvalue weighted by molar-refractivity contribution is 14.1. The van der Waals surface area contributed by atoms with Crippen molar-refractivity contribution in [3.8, 4) is 17.0 Å². The molecule has 110 valence electrons. The van der Waals surface area contributed by atoms with Gasteiger partial charge in [0.1, 0.15) is 18.2 Å². The summed E-state index contributed by atoms with van der Waals surface area (Å²) in [6.45, 7) is 6.17. The van der Waals surface area contributed by atoms with Crippen molar-refractivity contribution in [2.75, 3.05) is 6.61 Å². The first-order valence-electron chi connectivity index (χ1n) is 6.52. The molecule has 3 nitrogen and oxygen atoms in total. The Morgan fingerprint density at radius 2 is 2.14 bits per heavy atom. The quantitative estimate of drug-likeness (QED) is 0.565. The van der Waals surface area contributed by atoms with Crippen LogP contribution in [0.1, 0.15) is 6.92 Å². The number of nitrogens with zero attached hydrogens (tertiary/aromatic N) is 1. The van der Waals surface area contributed by atoms with E-state index in [0.717, 1.165) is 0 Å². The molecule has 0 N–H and O–H groups in total. The molecule has 0 saturated heterocycles. The van der Waals surface area contributed by atoms with Gasteiger partial charge in [-0.2, -0.15) is 0 Å². The molecule has 0 aliphatic heterocycles. The van der Waals surface area contributed by atoms with Gasteiger partial charge in [-0.05, 0) is 53.8 Å². The largest absolute Gasteiger partial charge is 0.489 e. The zero-order chi connectivity index (χ0) is 15.4. The highest BCUT2D eigenvalue weighted by Crippen LogP contribution is 2.32. The molecule has 5 heteroatoms. The maximum atomic E-state index is 14.3. The van der Waals surface area contributed by atoms with Crippen molar-refractivity contribution in [3.05, 3.63) is 62.7 Å². The van der Waals surface area contributed by atoms with E-state index in [2.05, 4.69) is 6.58 Å². The molecule has 1 heterocycles. The monoisotopic (exact) mass is 399 g/mol. The van der Waals surface area contributed by atoms with E-state index in [-0.39, 0.29) is 12.2 Å². The van der Waals surface area contributed by atoms with E-state index in [1.54, 1.807) is 34.9 Å². The Balaban J connectivity index is 2.69. The van der Waals surface area contributed by atoms with Crippen LogP contribution in [0.4, 0.5) is 4.39 Å². The van der Waals surface area contributed by atoms with Crippen LogP contribution in [-0.4, -0.2) is 11.2 Å². The van der Waals surface area contributed by atoms with Crippen molar-refractivity contribution < 1.29 is 9.13 Å². The van der Waals surface area contributed by atoms with Crippen LogP contribution in [0.25, 0.3) is 11.3 Å². The fourth-order valence-electron chi connectivity index (χ4n) is 2.11. The maximum Gasteiger partial charge on any atom is 0.264 e. The van der Waals surface area contributed by atoms with Crippen LogP contribution in [0.5, 0.6) is 5.75 Å². The lowest BCUT2D eigenvalue weighted by atomic mass is 10.1. The van der Waals surface area contributed by atoms with Gasteiger partial charge in [-0.1, -0.05) is 18.7 Å². The fraction of sp³-hybridized carbons (Fsp3) is 0.188. The highest BCUT2D eigenvalue weighted by atomic mass is 127. The van der Waals surface area contributed by atoms with Crippen LogP contribution < -0.4 is 10.3 Å². The number of pyridine rings is 1. The number of aromatic nitrogens is 1. The van der Waals surface area contributed by atoms with E-state index in [4.69, 9.17) is 4.74 Å². The van der Waals surface area contributed by atoms with Gasteiger partial charge < -0.3 is 9.30 Å². The standard InChI is InChI=1S/C16H15FINO2/c1-3-10-21-14-7-5-6-11(17)15(14)13-9-8-12(18)16(20)19(13)4-2/h3,5-9H,1,4,10H2,2H3. The number of ether oxygens (including phenoxy) is 1. The summed E-state index contributed by atoms with van der Waals surface area (Å²) in [5, 5.41) is 0. The maximum absolute atomic E-state index is 14.3. The summed E-state index contributed by atoms with van der Waals surface area (Å²) in [7, 11) is 0. The summed E-state index contributed by atoms with van der Waals surface area (Å²) in [5.41, 5.74) is 0.684. The SMILES string of the molecule is C=CCOc1cccc(F)c1-c1ccc(I)c(=O)n1CC. The van der Waals surface area contributed by atoms with Gasteiger partial charge in [0, 0.05) is 6.54 Å². The third-order valence-corrected chi connectivity index (χ3v) is 3.85. The van der Waals surface area contributed by atoms with E-state index in [9.17, 15) is 9.18 Å². The minimum absolute atomic E-state index is 0.131. The van der Waals surface area contributed by atoms with Gasteiger partial charge in [0.05, 0.1) is 14.8 Å². The minimum Gasteiger partial charge on any atom is -0.489 e. The first-order valence-corrected chi connectivity index (χ1v) is 7.60. The average Bonchev–Trinajstić information content (AvgIpc) is 2.48. The zero-order valence-electron chi connectivity index (χ0n) is 11.6. The molecule has 0 amide bonds. The molecule has 2 aromatic rings. The zero-order valence-corrected chi connectivity index (χ0v) is 13.8. The summed E-state index contributed by atoms with van der Waals surface area (Å²) < 4.78 is 21.9. The molecule has 0 spiro atoms. The van der Waals surface area contributed by atoms with Gasteiger partial charge in [-0.3, -0.25) is 4.79 Å². The Bertz CT molecular complexity index is 725. The molecule has 1 aromatic carbocycles. The third-order valence-electron chi connectivity index (χ3n) is 3.03. The van der Waals surface area contributed by atoms with Gasteiger partial charge in [0.25, 0.3) is 5.56 Å². The van der Waals surface area contributed by atoms with Crippen LogP contribution in [0, 0.1) is 9.39 Å². The lowest BCUT2D eigenvalue weighted by Crippen LogP contribution is -2.23. The molecule has 0 aliphatic carbocycles. The summed E-state index contributed by atoms with van der Waals surface area (Å²) in [6, 6.07) is 8.06. The molecule has 0 aliphatic rings. The lowest BCUT2D eigenvalue weighted by Gasteiger charge is -2.16. The van der Waals surface area contributed by atoms with Gasteiger partial charge in [-0.15, -0.1) is 0 Å². The highest BCUT2D eigenvalue weighted by Gasteiger charge is 2.16. The number of rotatable bonds is 5. The van der Waals surface area contributed by atoms with Crippen LogP contribution in [-0.2, 0) is 6.54 Å². The van der Waals surface area contributed by atoms with Crippen LogP contribution in [0.2, 0.25) is 0 Å². The topological polar surface area (TPSA) is 31.2 Å². The van der Waals surface area contributed by atoms with E-state index in [1.165, 1.54) is 6.07 Å². The van der Waals surface area contributed by atoms with E-state index in [0.29, 0.717) is 27.1 Å². The molecular weight excluding hydrogens is 384 g/mol. The van der Waals surface area contributed by atoms with Crippen LogP contribution in [0.15, 0.2) is 47.8 Å². The van der Waals surface area contributed by atoms with Crippen molar-refractivity contribution in [2.45, 2.75) is 13.5 Å². The predicted octanol–water partition coefficient (Wildman–Crippen LogP) is 3.84. The van der Waals surface area contributed by atoms with Gasteiger partial charge in [0.2, 0.25) is 0 Å². The fourth-order valence-corrected chi connectivity index (χ4v) is 2.58. The van der Waals surface area contributed by atoms with E-state index >= 15 is 0 Å². The number of hydrogen-bond acceptors (Lipinski definition) is 2. The molecule has 2 rings (SSSR count). The number of halogens is 2. The number of benzene rings is 1. The molecule has 0 atom stereocenters. The number of hydrogen-bond donors (Lipinski definition) is 0. The van der Waals surface area contributed by atoms with E-state index in [1.807, 2.05) is 29.5 Å². The first kappa shape index (κ1) is 15.8. The Morgan fingerprint density at radius 3 is 2.81 bits per heavy atom.